The standard InChI is InChI=1S/C23H28F3N5O4/c24-23(25,26)19-4-1-15(12-27-19)9-21(32)29-20-11-18(30-31-20)16-2-3-17(10-16)28-22(33)35-13-14-5-7-34-8-6-14/h1,4,11-12,14,16-17H,2-3,5-10,13H2,(H,28,33)(H2,29,30,31,32)/t16-,17+/m1/s1. The molecule has 1 saturated heterocycles. The molecule has 190 valence electrons. The number of hydrogen-bond donors (Lipinski definition) is 3. The van der Waals surface area contributed by atoms with Crippen molar-refractivity contribution in [2.24, 2.45) is 5.92 Å². The van der Waals surface area contributed by atoms with E-state index in [1.807, 2.05) is 0 Å². The Bertz CT molecular complexity index is 1010. The molecule has 1 saturated carbocycles. The fourth-order valence-electron chi connectivity index (χ4n) is 4.39. The van der Waals surface area contributed by atoms with Gasteiger partial charge in [-0.3, -0.25) is 14.9 Å². The van der Waals surface area contributed by atoms with Crippen LogP contribution in [-0.4, -0.2) is 53.0 Å². The number of nitrogens with one attached hydrogen (secondary N) is 3. The molecule has 2 aromatic rings. The first-order valence-electron chi connectivity index (χ1n) is 11.6. The molecule has 1 aliphatic heterocycles. The Kier molecular flexibility index (Phi) is 7.89. The number of ether oxygens (including phenoxy) is 2. The van der Waals surface area contributed by atoms with E-state index >= 15 is 0 Å². The number of alkyl halides is 3. The molecule has 3 heterocycles. The third kappa shape index (κ3) is 7.17. The summed E-state index contributed by atoms with van der Waals surface area (Å²) in [7, 11) is 0. The zero-order chi connectivity index (χ0) is 24.8. The van der Waals surface area contributed by atoms with Crippen LogP contribution in [0, 0.1) is 5.92 Å². The van der Waals surface area contributed by atoms with Gasteiger partial charge in [0.2, 0.25) is 5.91 Å². The molecule has 0 bridgehead atoms. The number of hydrogen-bond acceptors (Lipinski definition) is 6. The predicted octanol–water partition coefficient (Wildman–Crippen LogP) is 3.79. The minimum atomic E-state index is -4.52. The molecule has 0 aromatic carbocycles. The number of carbonyl (C=O) groups is 2. The van der Waals surface area contributed by atoms with Crippen molar-refractivity contribution in [1.29, 1.82) is 0 Å². The Morgan fingerprint density at radius 1 is 1.17 bits per heavy atom. The Hall–Kier alpha value is -3.15. The second-order valence-electron chi connectivity index (χ2n) is 8.99. The van der Waals surface area contributed by atoms with Crippen LogP contribution >= 0.6 is 0 Å². The number of H-pyrrole nitrogens is 1. The fraction of sp³-hybridized carbons (Fsp3) is 0.565. The lowest BCUT2D eigenvalue weighted by Crippen LogP contribution is -2.35. The second kappa shape index (κ2) is 11.1. The summed E-state index contributed by atoms with van der Waals surface area (Å²) in [6.45, 7) is 1.81. The number of rotatable bonds is 7. The molecule has 0 unspecified atom stereocenters. The van der Waals surface area contributed by atoms with E-state index in [1.165, 1.54) is 6.07 Å². The zero-order valence-electron chi connectivity index (χ0n) is 19.1. The smallest absolute Gasteiger partial charge is 0.433 e. The Balaban J connectivity index is 1.20. The number of alkyl carbamates (subject to hydrolysis) is 1. The first kappa shape index (κ1) is 25.0. The molecule has 0 radical (unpaired) electrons. The van der Waals surface area contributed by atoms with E-state index in [9.17, 15) is 22.8 Å². The number of halogens is 3. The van der Waals surface area contributed by atoms with Crippen LogP contribution in [0.2, 0.25) is 0 Å². The summed E-state index contributed by atoms with van der Waals surface area (Å²) in [5.74, 6) is 0.410. The number of nitrogens with zero attached hydrogens (tertiary/aromatic N) is 2. The van der Waals surface area contributed by atoms with Gasteiger partial charge >= 0.3 is 12.3 Å². The number of pyridine rings is 1. The van der Waals surface area contributed by atoms with Gasteiger partial charge in [0.15, 0.2) is 5.82 Å². The maximum atomic E-state index is 12.6. The van der Waals surface area contributed by atoms with Crippen LogP contribution in [0.3, 0.4) is 0 Å². The van der Waals surface area contributed by atoms with Crippen LogP contribution in [0.15, 0.2) is 24.4 Å². The Labute approximate surface area is 200 Å². The van der Waals surface area contributed by atoms with Crippen LogP contribution in [0.1, 0.15) is 55.0 Å². The highest BCUT2D eigenvalue weighted by Gasteiger charge is 2.32. The fourth-order valence-corrected chi connectivity index (χ4v) is 4.39. The summed E-state index contributed by atoms with van der Waals surface area (Å²) in [6.07, 6.45) is 0.161. The molecule has 9 nitrogen and oxygen atoms in total. The maximum Gasteiger partial charge on any atom is 0.433 e. The molecule has 35 heavy (non-hydrogen) atoms. The van der Waals surface area contributed by atoms with Crippen LogP contribution in [-0.2, 0) is 26.9 Å². The molecule has 2 amide bonds. The largest absolute Gasteiger partial charge is 0.449 e. The quantitative estimate of drug-likeness (QED) is 0.538. The van der Waals surface area contributed by atoms with E-state index in [4.69, 9.17) is 9.47 Å². The average molecular weight is 496 g/mol. The number of carbonyl (C=O) groups excluding carboxylic acids is 2. The van der Waals surface area contributed by atoms with Crippen LogP contribution < -0.4 is 10.6 Å². The highest BCUT2D eigenvalue weighted by Crippen LogP contribution is 2.34. The zero-order valence-corrected chi connectivity index (χ0v) is 19.1. The van der Waals surface area contributed by atoms with Gasteiger partial charge in [0, 0.05) is 43.1 Å². The summed E-state index contributed by atoms with van der Waals surface area (Å²) in [4.78, 5) is 27.8. The van der Waals surface area contributed by atoms with Gasteiger partial charge < -0.3 is 20.1 Å². The van der Waals surface area contributed by atoms with Crippen molar-refractivity contribution in [3.05, 3.63) is 41.3 Å². The van der Waals surface area contributed by atoms with E-state index in [0.717, 1.165) is 50.1 Å². The summed E-state index contributed by atoms with van der Waals surface area (Å²) < 4.78 is 48.5. The number of anilines is 1. The summed E-state index contributed by atoms with van der Waals surface area (Å²) in [6, 6.07) is 3.81. The molecule has 1 aliphatic carbocycles. The van der Waals surface area contributed by atoms with Crippen molar-refractivity contribution < 1.29 is 32.2 Å². The van der Waals surface area contributed by atoms with Crippen molar-refractivity contribution >= 4 is 17.8 Å². The molecular formula is C23H28F3N5O4. The van der Waals surface area contributed by atoms with Gasteiger partial charge in [-0.2, -0.15) is 18.3 Å². The van der Waals surface area contributed by atoms with E-state index in [-0.39, 0.29) is 18.4 Å². The lowest BCUT2D eigenvalue weighted by molar-refractivity contribution is -0.141. The first-order chi connectivity index (χ1) is 16.8. The minimum Gasteiger partial charge on any atom is -0.449 e. The highest BCUT2D eigenvalue weighted by atomic mass is 19.4. The third-order valence-electron chi connectivity index (χ3n) is 6.33. The molecular weight excluding hydrogens is 467 g/mol. The van der Waals surface area contributed by atoms with Crippen LogP contribution in [0.4, 0.5) is 23.8 Å². The lowest BCUT2D eigenvalue weighted by atomic mass is 10.0. The first-order valence-corrected chi connectivity index (χ1v) is 11.6. The van der Waals surface area contributed by atoms with E-state index in [2.05, 4.69) is 25.8 Å². The summed E-state index contributed by atoms with van der Waals surface area (Å²) in [5.41, 5.74) is 0.201. The van der Waals surface area contributed by atoms with Crippen LogP contribution in [0.25, 0.3) is 0 Å². The molecule has 12 heteroatoms. The van der Waals surface area contributed by atoms with Crippen molar-refractivity contribution in [1.82, 2.24) is 20.5 Å². The number of amides is 2. The molecule has 2 fully saturated rings. The summed E-state index contributed by atoms with van der Waals surface area (Å²) in [5, 5.41) is 12.6. The number of aromatic amines is 1. The van der Waals surface area contributed by atoms with E-state index in [1.54, 1.807) is 6.07 Å². The molecule has 3 N–H and O–H groups in total. The van der Waals surface area contributed by atoms with Crippen molar-refractivity contribution in [3.63, 3.8) is 0 Å². The van der Waals surface area contributed by atoms with Crippen molar-refractivity contribution in [2.45, 2.75) is 56.7 Å². The molecule has 2 aliphatic rings. The molecule has 2 aromatic heterocycles. The van der Waals surface area contributed by atoms with Gasteiger partial charge in [0.25, 0.3) is 0 Å². The highest BCUT2D eigenvalue weighted by molar-refractivity contribution is 5.91. The van der Waals surface area contributed by atoms with Gasteiger partial charge in [-0.1, -0.05) is 6.07 Å². The van der Waals surface area contributed by atoms with Crippen molar-refractivity contribution in [2.75, 3.05) is 25.1 Å². The molecule has 0 spiro atoms. The third-order valence-corrected chi connectivity index (χ3v) is 6.33. The van der Waals surface area contributed by atoms with E-state index < -0.39 is 23.9 Å². The maximum absolute atomic E-state index is 12.6. The van der Waals surface area contributed by atoms with Gasteiger partial charge in [-0.15, -0.1) is 0 Å². The molecule has 4 rings (SSSR count). The van der Waals surface area contributed by atoms with Crippen LogP contribution in [0.5, 0.6) is 0 Å². The van der Waals surface area contributed by atoms with Gasteiger partial charge in [-0.05, 0) is 49.7 Å². The molecule has 2 atom stereocenters. The van der Waals surface area contributed by atoms with Crippen molar-refractivity contribution in [3.8, 4) is 0 Å². The van der Waals surface area contributed by atoms with Gasteiger partial charge in [-0.25, -0.2) is 4.79 Å². The number of aromatic nitrogens is 3. The Morgan fingerprint density at radius 3 is 2.69 bits per heavy atom. The minimum absolute atomic E-state index is 0.00398. The normalized spacial score (nSPS) is 21.0. The van der Waals surface area contributed by atoms with Gasteiger partial charge in [0.05, 0.1) is 13.0 Å². The second-order valence-corrected chi connectivity index (χ2v) is 8.99. The lowest BCUT2D eigenvalue weighted by Gasteiger charge is -2.22. The Morgan fingerprint density at radius 2 is 1.97 bits per heavy atom. The monoisotopic (exact) mass is 495 g/mol. The average Bonchev–Trinajstić information content (AvgIpc) is 3.48. The predicted molar refractivity (Wildman–Crippen MR) is 119 cm³/mol. The topological polar surface area (TPSA) is 118 Å². The SMILES string of the molecule is O=C(Cc1ccc(C(F)(F)F)nc1)Nc1cc([C@@H]2CC[C@H](NC(=O)OCC3CCOCC3)C2)[nH]n1. The summed E-state index contributed by atoms with van der Waals surface area (Å²) >= 11 is 0. The van der Waals surface area contributed by atoms with Gasteiger partial charge in [0.1, 0.15) is 5.69 Å². The van der Waals surface area contributed by atoms with E-state index in [0.29, 0.717) is 37.1 Å².